The molecule has 2 aliphatic carbocycles. The van der Waals surface area contributed by atoms with Gasteiger partial charge in [-0.3, -0.25) is 9.48 Å². The SMILES string of the molecule is O=C(NC1CCCC2(CC2)C1)c1cn(CC2CCOC2)nn1. The zero-order chi connectivity index (χ0) is 15.0. The highest BCUT2D eigenvalue weighted by molar-refractivity contribution is 5.92. The highest BCUT2D eigenvalue weighted by Gasteiger charge is 2.46. The van der Waals surface area contributed by atoms with Gasteiger partial charge in [-0.1, -0.05) is 11.6 Å². The molecule has 1 aromatic rings. The van der Waals surface area contributed by atoms with Gasteiger partial charge in [-0.15, -0.1) is 5.10 Å². The molecule has 4 rings (SSSR count). The molecule has 1 amide bonds. The number of hydrogen-bond acceptors (Lipinski definition) is 4. The van der Waals surface area contributed by atoms with Gasteiger partial charge in [0, 0.05) is 25.1 Å². The van der Waals surface area contributed by atoms with Crippen molar-refractivity contribution in [3.8, 4) is 0 Å². The van der Waals surface area contributed by atoms with E-state index < -0.39 is 0 Å². The van der Waals surface area contributed by atoms with Gasteiger partial charge in [0.05, 0.1) is 12.8 Å². The Bertz CT molecular complexity index is 546. The van der Waals surface area contributed by atoms with E-state index in [9.17, 15) is 4.79 Å². The van der Waals surface area contributed by atoms with Crippen LogP contribution in [0.15, 0.2) is 6.20 Å². The van der Waals surface area contributed by atoms with Crippen LogP contribution in [-0.4, -0.2) is 40.2 Å². The second-order valence-corrected chi connectivity index (χ2v) is 7.32. The number of carbonyl (C=O) groups is 1. The van der Waals surface area contributed by atoms with Gasteiger partial charge in [0.1, 0.15) is 0 Å². The van der Waals surface area contributed by atoms with Crippen molar-refractivity contribution >= 4 is 5.91 Å². The van der Waals surface area contributed by atoms with E-state index in [0.29, 0.717) is 23.1 Å². The molecule has 1 saturated heterocycles. The fraction of sp³-hybridized carbons (Fsp3) is 0.812. The molecule has 22 heavy (non-hydrogen) atoms. The van der Waals surface area contributed by atoms with Crippen molar-refractivity contribution in [3.05, 3.63) is 11.9 Å². The van der Waals surface area contributed by atoms with Crippen molar-refractivity contribution in [2.45, 2.75) is 57.5 Å². The van der Waals surface area contributed by atoms with Crippen LogP contribution in [0.4, 0.5) is 0 Å². The molecule has 120 valence electrons. The quantitative estimate of drug-likeness (QED) is 0.920. The number of nitrogens with zero attached hydrogens (tertiary/aromatic N) is 3. The summed E-state index contributed by atoms with van der Waals surface area (Å²) in [5, 5.41) is 11.3. The Labute approximate surface area is 130 Å². The van der Waals surface area contributed by atoms with E-state index in [1.165, 1.54) is 25.7 Å². The summed E-state index contributed by atoms with van der Waals surface area (Å²) in [6.07, 6.45) is 10.3. The van der Waals surface area contributed by atoms with E-state index in [1.807, 2.05) is 0 Å². The third-order valence-corrected chi connectivity index (χ3v) is 5.47. The topological polar surface area (TPSA) is 69.0 Å². The Hall–Kier alpha value is -1.43. The van der Waals surface area contributed by atoms with Crippen molar-refractivity contribution in [2.75, 3.05) is 13.2 Å². The lowest BCUT2D eigenvalue weighted by Crippen LogP contribution is -2.39. The lowest BCUT2D eigenvalue weighted by atomic mass is 9.83. The molecule has 6 heteroatoms. The second kappa shape index (κ2) is 5.65. The third-order valence-electron chi connectivity index (χ3n) is 5.47. The summed E-state index contributed by atoms with van der Waals surface area (Å²) >= 11 is 0. The lowest BCUT2D eigenvalue weighted by molar-refractivity contribution is 0.0911. The smallest absolute Gasteiger partial charge is 0.273 e. The first kappa shape index (κ1) is 14.2. The highest BCUT2D eigenvalue weighted by Crippen LogP contribution is 2.56. The maximum absolute atomic E-state index is 12.3. The minimum absolute atomic E-state index is 0.0726. The van der Waals surface area contributed by atoms with Crippen LogP contribution in [0.1, 0.15) is 55.4 Å². The predicted octanol–water partition coefficient (Wildman–Crippen LogP) is 1.77. The van der Waals surface area contributed by atoms with Gasteiger partial charge in [0.15, 0.2) is 5.69 Å². The summed E-state index contributed by atoms with van der Waals surface area (Å²) < 4.78 is 7.14. The first-order chi connectivity index (χ1) is 10.7. The molecular formula is C16H24N4O2. The first-order valence-electron chi connectivity index (χ1n) is 8.51. The van der Waals surface area contributed by atoms with Crippen LogP contribution < -0.4 is 5.32 Å². The van der Waals surface area contributed by atoms with Gasteiger partial charge in [0.2, 0.25) is 0 Å². The van der Waals surface area contributed by atoms with Gasteiger partial charge in [-0.2, -0.15) is 0 Å². The fourth-order valence-electron chi connectivity index (χ4n) is 3.95. The van der Waals surface area contributed by atoms with Crippen LogP contribution in [0.25, 0.3) is 0 Å². The summed E-state index contributed by atoms with van der Waals surface area (Å²) in [5.41, 5.74) is 1.00. The number of rotatable bonds is 4. The summed E-state index contributed by atoms with van der Waals surface area (Å²) in [6, 6.07) is 0.317. The Balaban J connectivity index is 1.33. The molecule has 0 aromatic carbocycles. The van der Waals surface area contributed by atoms with Gasteiger partial charge >= 0.3 is 0 Å². The number of aromatic nitrogens is 3. The van der Waals surface area contributed by atoms with E-state index in [-0.39, 0.29) is 5.91 Å². The normalized spacial score (nSPS) is 29.6. The van der Waals surface area contributed by atoms with Crippen LogP contribution in [0.5, 0.6) is 0 Å². The molecular weight excluding hydrogens is 280 g/mol. The molecule has 1 aliphatic heterocycles. The van der Waals surface area contributed by atoms with Crippen molar-refractivity contribution < 1.29 is 9.53 Å². The van der Waals surface area contributed by atoms with Gasteiger partial charge in [-0.25, -0.2) is 0 Å². The molecule has 2 atom stereocenters. The number of hydrogen-bond donors (Lipinski definition) is 1. The Morgan fingerprint density at radius 2 is 2.32 bits per heavy atom. The maximum Gasteiger partial charge on any atom is 0.273 e. The van der Waals surface area contributed by atoms with Crippen molar-refractivity contribution in [1.29, 1.82) is 0 Å². The monoisotopic (exact) mass is 304 g/mol. The lowest BCUT2D eigenvalue weighted by Gasteiger charge is -2.29. The van der Waals surface area contributed by atoms with Gasteiger partial charge in [-0.05, 0) is 43.9 Å². The number of nitrogens with one attached hydrogen (secondary N) is 1. The van der Waals surface area contributed by atoms with Crippen molar-refractivity contribution in [3.63, 3.8) is 0 Å². The fourth-order valence-corrected chi connectivity index (χ4v) is 3.95. The molecule has 3 fully saturated rings. The van der Waals surface area contributed by atoms with Crippen molar-refractivity contribution in [1.82, 2.24) is 20.3 Å². The van der Waals surface area contributed by atoms with Crippen LogP contribution in [-0.2, 0) is 11.3 Å². The average Bonchev–Trinajstić information content (AvgIpc) is 2.97. The molecule has 0 bridgehead atoms. The van der Waals surface area contributed by atoms with E-state index in [1.54, 1.807) is 10.9 Å². The Kier molecular flexibility index (Phi) is 3.64. The summed E-state index contributed by atoms with van der Waals surface area (Å²) in [4.78, 5) is 12.3. The second-order valence-electron chi connectivity index (χ2n) is 7.32. The van der Waals surface area contributed by atoms with Crippen LogP contribution in [0.3, 0.4) is 0 Å². The molecule has 1 aromatic heterocycles. The molecule has 3 aliphatic rings. The minimum atomic E-state index is -0.0726. The summed E-state index contributed by atoms with van der Waals surface area (Å²) in [5.74, 6) is 0.419. The summed E-state index contributed by atoms with van der Waals surface area (Å²) in [7, 11) is 0. The third kappa shape index (κ3) is 3.02. The first-order valence-corrected chi connectivity index (χ1v) is 8.51. The largest absolute Gasteiger partial charge is 0.381 e. The minimum Gasteiger partial charge on any atom is -0.381 e. The van der Waals surface area contributed by atoms with E-state index in [0.717, 1.165) is 39.0 Å². The number of carbonyl (C=O) groups excluding carboxylic acids is 1. The molecule has 1 N–H and O–H groups in total. The average molecular weight is 304 g/mol. The molecule has 2 heterocycles. The Morgan fingerprint density at radius 1 is 1.41 bits per heavy atom. The molecule has 1 spiro atoms. The maximum atomic E-state index is 12.3. The zero-order valence-corrected chi connectivity index (χ0v) is 13.0. The van der Waals surface area contributed by atoms with E-state index >= 15 is 0 Å². The van der Waals surface area contributed by atoms with Gasteiger partial charge < -0.3 is 10.1 Å². The van der Waals surface area contributed by atoms with Crippen LogP contribution >= 0.6 is 0 Å². The molecule has 0 radical (unpaired) electrons. The number of amides is 1. The molecule has 2 saturated carbocycles. The van der Waals surface area contributed by atoms with E-state index in [4.69, 9.17) is 4.74 Å². The van der Waals surface area contributed by atoms with E-state index in [2.05, 4.69) is 15.6 Å². The number of ether oxygens (including phenoxy) is 1. The van der Waals surface area contributed by atoms with Crippen LogP contribution in [0, 0.1) is 11.3 Å². The Morgan fingerprint density at radius 3 is 3.09 bits per heavy atom. The summed E-state index contributed by atoms with van der Waals surface area (Å²) in [6.45, 7) is 2.40. The van der Waals surface area contributed by atoms with Crippen LogP contribution in [0.2, 0.25) is 0 Å². The molecule has 2 unspecified atom stereocenters. The van der Waals surface area contributed by atoms with Crippen molar-refractivity contribution in [2.24, 2.45) is 11.3 Å². The zero-order valence-electron chi connectivity index (χ0n) is 13.0. The van der Waals surface area contributed by atoms with Gasteiger partial charge in [0.25, 0.3) is 5.91 Å². The predicted molar refractivity (Wildman–Crippen MR) is 80.3 cm³/mol. The highest BCUT2D eigenvalue weighted by atomic mass is 16.5. The molecule has 6 nitrogen and oxygen atoms in total. The standard InChI is InChI=1S/C16H24N4O2/c21-15(17-13-2-1-4-16(8-13)5-6-16)14-10-20(19-18-14)9-12-3-7-22-11-12/h10,12-13H,1-9,11H2,(H,17,21).